The number of rotatable bonds is 6. The highest BCUT2D eigenvalue weighted by Gasteiger charge is 2.23. The van der Waals surface area contributed by atoms with Crippen molar-refractivity contribution in [2.75, 3.05) is 36.4 Å². The molecule has 0 aliphatic carbocycles. The van der Waals surface area contributed by atoms with Crippen LogP contribution < -0.4 is 10.2 Å². The molecule has 1 fully saturated rings. The van der Waals surface area contributed by atoms with Gasteiger partial charge in [0.1, 0.15) is 5.01 Å². The standard InChI is InChI=1S/C24H27N5O2S/c1-17-7-6-10-20(18(17)2)28-13-15-29(16-14-28)22(30)12-11-21-26-27-24(32-21)23(31)25-19-8-4-3-5-9-19/h3-10H,11-16H2,1-2H3,(H,25,31). The van der Waals surface area contributed by atoms with Gasteiger partial charge in [-0.05, 0) is 43.2 Å². The maximum atomic E-state index is 12.7. The van der Waals surface area contributed by atoms with Crippen molar-refractivity contribution in [2.45, 2.75) is 26.7 Å². The Morgan fingerprint density at radius 2 is 1.72 bits per heavy atom. The minimum Gasteiger partial charge on any atom is -0.368 e. The van der Waals surface area contributed by atoms with Crippen LogP contribution in [0.5, 0.6) is 0 Å². The monoisotopic (exact) mass is 449 g/mol. The van der Waals surface area contributed by atoms with Crippen LogP contribution in [-0.4, -0.2) is 53.1 Å². The van der Waals surface area contributed by atoms with Crippen LogP contribution in [0.2, 0.25) is 0 Å². The van der Waals surface area contributed by atoms with E-state index >= 15 is 0 Å². The van der Waals surface area contributed by atoms with E-state index in [0.717, 1.165) is 13.1 Å². The summed E-state index contributed by atoms with van der Waals surface area (Å²) in [7, 11) is 0. The molecule has 3 aromatic rings. The van der Waals surface area contributed by atoms with Gasteiger partial charge >= 0.3 is 0 Å². The zero-order valence-electron chi connectivity index (χ0n) is 18.4. The Balaban J connectivity index is 1.26. The number of aromatic nitrogens is 2. The fourth-order valence-electron chi connectivity index (χ4n) is 3.80. The van der Waals surface area contributed by atoms with Crippen molar-refractivity contribution in [3.8, 4) is 0 Å². The predicted octanol–water partition coefficient (Wildman–Crippen LogP) is 3.69. The maximum Gasteiger partial charge on any atom is 0.286 e. The summed E-state index contributed by atoms with van der Waals surface area (Å²) < 4.78 is 0. The lowest BCUT2D eigenvalue weighted by Gasteiger charge is -2.37. The topological polar surface area (TPSA) is 78.4 Å². The molecule has 0 saturated carbocycles. The average molecular weight is 450 g/mol. The number of para-hydroxylation sites is 1. The molecule has 1 aromatic heterocycles. The molecule has 8 heteroatoms. The van der Waals surface area contributed by atoms with Gasteiger partial charge in [-0.2, -0.15) is 0 Å². The fourth-order valence-corrected chi connectivity index (χ4v) is 4.53. The summed E-state index contributed by atoms with van der Waals surface area (Å²) in [4.78, 5) is 29.3. The first-order valence-electron chi connectivity index (χ1n) is 10.8. The van der Waals surface area contributed by atoms with E-state index in [1.807, 2.05) is 35.2 Å². The molecule has 0 bridgehead atoms. The molecule has 166 valence electrons. The number of aryl methyl sites for hydroxylation is 2. The van der Waals surface area contributed by atoms with E-state index in [1.165, 1.54) is 28.2 Å². The summed E-state index contributed by atoms with van der Waals surface area (Å²) >= 11 is 1.24. The SMILES string of the molecule is Cc1cccc(N2CCN(C(=O)CCc3nnc(C(=O)Nc4ccccc4)s3)CC2)c1C. The molecule has 1 aliphatic heterocycles. The van der Waals surface area contributed by atoms with Crippen LogP contribution in [0, 0.1) is 13.8 Å². The summed E-state index contributed by atoms with van der Waals surface area (Å²) in [6.45, 7) is 7.37. The van der Waals surface area contributed by atoms with Crippen LogP contribution in [-0.2, 0) is 11.2 Å². The Labute approximate surface area is 192 Å². The van der Waals surface area contributed by atoms with Crippen LogP contribution in [0.4, 0.5) is 11.4 Å². The van der Waals surface area contributed by atoms with Gasteiger partial charge in [0.05, 0.1) is 0 Å². The van der Waals surface area contributed by atoms with Crippen molar-refractivity contribution in [1.82, 2.24) is 15.1 Å². The molecule has 0 radical (unpaired) electrons. The zero-order chi connectivity index (χ0) is 22.5. The number of benzene rings is 2. The molecule has 1 aliphatic rings. The van der Waals surface area contributed by atoms with Crippen LogP contribution in [0.3, 0.4) is 0 Å². The quantitative estimate of drug-likeness (QED) is 0.621. The lowest BCUT2D eigenvalue weighted by molar-refractivity contribution is -0.131. The van der Waals surface area contributed by atoms with E-state index in [4.69, 9.17) is 0 Å². The number of carbonyl (C=O) groups is 2. The number of hydrogen-bond donors (Lipinski definition) is 1. The van der Waals surface area contributed by atoms with E-state index in [2.05, 4.69) is 52.5 Å². The summed E-state index contributed by atoms with van der Waals surface area (Å²) in [6.07, 6.45) is 0.866. The van der Waals surface area contributed by atoms with Crippen molar-refractivity contribution >= 4 is 34.5 Å². The molecule has 7 nitrogen and oxygen atoms in total. The Morgan fingerprint density at radius 3 is 2.47 bits per heavy atom. The zero-order valence-corrected chi connectivity index (χ0v) is 19.2. The Morgan fingerprint density at radius 1 is 0.969 bits per heavy atom. The van der Waals surface area contributed by atoms with Crippen molar-refractivity contribution < 1.29 is 9.59 Å². The van der Waals surface area contributed by atoms with Gasteiger partial charge in [0, 0.05) is 50.4 Å². The van der Waals surface area contributed by atoms with Gasteiger partial charge in [0.15, 0.2) is 0 Å². The van der Waals surface area contributed by atoms with Crippen molar-refractivity contribution in [1.29, 1.82) is 0 Å². The van der Waals surface area contributed by atoms with E-state index in [1.54, 1.807) is 0 Å². The average Bonchev–Trinajstić information content (AvgIpc) is 3.29. The van der Waals surface area contributed by atoms with E-state index in [9.17, 15) is 9.59 Å². The minimum absolute atomic E-state index is 0.121. The van der Waals surface area contributed by atoms with Crippen molar-refractivity contribution in [2.24, 2.45) is 0 Å². The van der Waals surface area contributed by atoms with E-state index < -0.39 is 0 Å². The number of hydrogen-bond acceptors (Lipinski definition) is 6. The molecular weight excluding hydrogens is 422 g/mol. The normalized spacial score (nSPS) is 13.8. The van der Waals surface area contributed by atoms with E-state index in [0.29, 0.717) is 41.6 Å². The Bertz CT molecular complexity index is 1090. The third-order valence-corrected chi connectivity index (χ3v) is 6.78. The van der Waals surface area contributed by atoms with Crippen molar-refractivity contribution in [3.05, 3.63) is 69.7 Å². The molecule has 2 amide bonds. The van der Waals surface area contributed by atoms with Gasteiger partial charge in [-0.15, -0.1) is 10.2 Å². The summed E-state index contributed by atoms with van der Waals surface area (Å²) in [5, 5.41) is 11.9. The smallest absolute Gasteiger partial charge is 0.286 e. The molecule has 1 saturated heterocycles. The first kappa shape index (κ1) is 22.0. The summed E-state index contributed by atoms with van der Waals surface area (Å²) in [6, 6.07) is 15.6. The summed E-state index contributed by atoms with van der Waals surface area (Å²) in [5.41, 5.74) is 4.56. The minimum atomic E-state index is -0.283. The van der Waals surface area contributed by atoms with Crippen LogP contribution in [0.25, 0.3) is 0 Å². The number of anilines is 2. The fraction of sp³-hybridized carbons (Fsp3) is 0.333. The third-order valence-electron chi connectivity index (χ3n) is 5.79. The lowest BCUT2D eigenvalue weighted by Crippen LogP contribution is -2.49. The van der Waals surface area contributed by atoms with Crippen molar-refractivity contribution in [3.63, 3.8) is 0 Å². The van der Waals surface area contributed by atoms with Gasteiger partial charge < -0.3 is 15.1 Å². The van der Waals surface area contributed by atoms with Gasteiger partial charge in [-0.1, -0.05) is 41.7 Å². The molecule has 0 atom stereocenters. The number of nitrogens with zero attached hydrogens (tertiary/aromatic N) is 4. The molecule has 0 spiro atoms. The molecule has 2 aromatic carbocycles. The molecule has 4 rings (SSSR count). The van der Waals surface area contributed by atoms with Crippen LogP contribution >= 0.6 is 11.3 Å². The highest BCUT2D eigenvalue weighted by molar-refractivity contribution is 7.13. The number of amides is 2. The second kappa shape index (κ2) is 9.91. The molecule has 2 heterocycles. The van der Waals surface area contributed by atoms with Gasteiger partial charge in [-0.3, -0.25) is 9.59 Å². The third kappa shape index (κ3) is 5.13. The highest BCUT2D eigenvalue weighted by atomic mass is 32.1. The predicted molar refractivity (Wildman–Crippen MR) is 127 cm³/mol. The number of piperazine rings is 1. The number of carbonyl (C=O) groups excluding carboxylic acids is 2. The lowest BCUT2D eigenvalue weighted by atomic mass is 10.1. The van der Waals surface area contributed by atoms with Crippen LogP contribution in [0.1, 0.15) is 32.4 Å². The molecule has 0 unspecified atom stereocenters. The molecule has 1 N–H and O–H groups in total. The highest BCUT2D eigenvalue weighted by Crippen LogP contribution is 2.24. The van der Waals surface area contributed by atoms with Gasteiger partial charge in [-0.25, -0.2) is 0 Å². The van der Waals surface area contributed by atoms with Gasteiger partial charge in [0.25, 0.3) is 5.91 Å². The largest absolute Gasteiger partial charge is 0.368 e. The molecule has 32 heavy (non-hydrogen) atoms. The molecular formula is C24H27N5O2S. The maximum absolute atomic E-state index is 12.7. The first-order chi connectivity index (χ1) is 15.5. The van der Waals surface area contributed by atoms with Gasteiger partial charge in [0.2, 0.25) is 10.9 Å². The van der Waals surface area contributed by atoms with Crippen LogP contribution in [0.15, 0.2) is 48.5 Å². The first-order valence-corrected chi connectivity index (χ1v) is 11.6. The second-order valence-electron chi connectivity index (χ2n) is 7.91. The Kier molecular flexibility index (Phi) is 6.80. The second-order valence-corrected chi connectivity index (χ2v) is 8.97. The Hall–Kier alpha value is -3.26. The summed E-state index contributed by atoms with van der Waals surface area (Å²) in [5.74, 6) is -0.162. The number of nitrogens with one attached hydrogen (secondary N) is 1. The van der Waals surface area contributed by atoms with E-state index in [-0.39, 0.29) is 11.8 Å².